The highest BCUT2D eigenvalue weighted by molar-refractivity contribution is 9.10. The molecule has 2 heterocycles. The minimum Gasteiger partial charge on any atom is -0.309 e. The van der Waals surface area contributed by atoms with Crippen LogP contribution < -0.4 is 11.2 Å². The number of fused-ring (bicyclic) bond motifs is 1. The van der Waals surface area contributed by atoms with Gasteiger partial charge in [0.05, 0.1) is 6.54 Å². The van der Waals surface area contributed by atoms with Crippen LogP contribution in [0.1, 0.15) is 25.8 Å². The molecule has 3 aromatic rings. The number of thioether (sulfide) groups is 1. The Balaban J connectivity index is 2.22. The second-order valence-electron chi connectivity index (χ2n) is 5.94. The summed E-state index contributed by atoms with van der Waals surface area (Å²) in [7, 11) is 1.62. The van der Waals surface area contributed by atoms with E-state index in [0.717, 1.165) is 21.6 Å². The average Bonchev–Trinajstić information content (AvgIpc) is 2.91. The van der Waals surface area contributed by atoms with E-state index in [1.54, 1.807) is 18.8 Å². The molecule has 6 nitrogen and oxygen atoms in total. The van der Waals surface area contributed by atoms with Crippen molar-refractivity contribution in [3.05, 3.63) is 55.1 Å². The second-order valence-corrected chi connectivity index (χ2v) is 8.26. The Hall–Kier alpha value is -1.80. The monoisotopic (exact) mass is 422 g/mol. The number of aromatic amines is 1. The Bertz CT molecular complexity index is 1040. The van der Waals surface area contributed by atoms with E-state index >= 15 is 0 Å². The van der Waals surface area contributed by atoms with E-state index < -0.39 is 11.2 Å². The van der Waals surface area contributed by atoms with Gasteiger partial charge in [-0.15, -0.1) is 0 Å². The molecule has 0 bridgehead atoms. The van der Waals surface area contributed by atoms with Gasteiger partial charge < -0.3 is 4.57 Å². The van der Waals surface area contributed by atoms with Crippen molar-refractivity contribution in [2.75, 3.05) is 0 Å². The molecular weight excluding hydrogens is 404 g/mol. The third-order valence-electron chi connectivity index (χ3n) is 4.08. The highest BCUT2D eigenvalue weighted by Gasteiger charge is 2.19. The van der Waals surface area contributed by atoms with Gasteiger partial charge in [-0.3, -0.25) is 14.3 Å². The molecule has 132 valence electrons. The zero-order chi connectivity index (χ0) is 18.1. The molecule has 0 amide bonds. The minimum atomic E-state index is -0.454. The van der Waals surface area contributed by atoms with Crippen molar-refractivity contribution in [2.24, 2.45) is 7.05 Å². The fourth-order valence-corrected chi connectivity index (χ4v) is 3.93. The van der Waals surface area contributed by atoms with Crippen molar-refractivity contribution in [3.63, 3.8) is 0 Å². The first kappa shape index (κ1) is 18.0. The van der Waals surface area contributed by atoms with Crippen molar-refractivity contribution in [3.8, 4) is 0 Å². The van der Waals surface area contributed by atoms with E-state index in [9.17, 15) is 9.59 Å². The van der Waals surface area contributed by atoms with E-state index in [2.05, 4.69) is 39.7 Å². The van der Waals surface area contributed by atoms with Crippen molar-refractivity contribution >= 4 is 38.9 Å². The number of halogens is 1. The summed E-state index contributed by atoms with van der Waals surface area (Å²) in [6, 6.07) is 7.94. The van der Waals surface area contributed by atoms with Crippen LogP contribution in [0.5, 0.6) is 0 Å². The van der Waals surface area contributed by atoms with Crippen molar-refractivity contribution < 1.29 is 0 Å². The van der Waals surface area contributed by atoms with E-state index in [1.807, 2.05) is 28.8 Å². The molecule has 8 heteroatoms. The first-order valence-electron chi connectivity index (χ1n) is 8.01. The Morgan fingerprint density at radius 3 is 2.80 bits per heavy atom. The molecule has 1 N–H and O–H groups in total. The number of benzene rings is 1. The number of H-pyrrole nitrogens is 1. The fraction of sp³-hybridized carbons (Fsp3) is 0.353. The molecular formula is C17H19BrN4O2S. The zero-order valence-corrected chi connectivity index (χ0v) is 16.6. The summed E-state index contributed by atoms with van der Waals surface area (Å²) in [5, 5.41) is 1.10. The number of aryl methyl sites for hydroxylation is 1. The van der Waals surface area contributed by atoms with Crippen LogP contribution in [0, 0.1) is 0 Å². The average molecular weight is 423 g/mol. The topological polar surface area (TPSA) is 72.7 Å². The van der Waals surface area contributed by atoms with Gasteiger partial charge in [0.15, 0.2) is 16.3 Å². The van der Waals surface area contributed by atoms with Crippen LogP contribution in [0.25, 0.3) is 11.2 Å². The largest absolute Gasteiger partial charge is 0.329 e. The molecule has 0 aliphatic carbocycles. The first-order chi connectivity index (χ1) is 11.9. The third kappa shape index (κ3) is 3.59. The first-order valence-corrected chi connectivity index (χ1v) is 9.68. The lowest BCUT2D eigenvalue weighted by atomic mass is 10.2. The maximum absolute atomic E-state index is 12.5. The quantitative estimate of drug-likeness (QED) is 0.640. The zero-order valence-electron chi connectivity index (χ0n) is 14.2. The molecule has 3 rings (SSSR count). The number of rotatable bonds is 5. The molecule has 0 aliphatic rings. The Morgan fingerprint density at radius 1 is 1.36 bits per heavy atom. The lowest BCUT2D eigenvalue weighted by Gasteiger charge is -2.11. The second kappa shape index (κ2) is 7.21. The van der Waals surface area contributed by atoms with Crippen LogP contribution in [0.3, 0.4) is 0 Å². The lowest BCUT2D eigenvalue weighted by molar-refractivity contribution is 0.723. The van der Waals surface area contributed by atoms with Gasteiger partial charge in [-0.05, 0) is 24.1 Å². The van der Waals surface area contributed by atoms with Crippen LogP contribution >= 0.6 is 27.7 Å². The molecule has 0 aliphatic heterocycles. The lowest BCUT2D eigenvalue weighted by Crippen LogP contribution is -2.29. The summed E-state index contributed by atoms with van der Waals surface area (Å²) in [5.74, 6) is 0. The van der Waals surface area contributed by atoms with E-state index in [1.165, 1.54) is 4.57 Å². The van der Waals surface area contributed by atoms with Crippen LogP contribution in [0.2, 0.25) is 0 Å². The maximum Gasteiger partial charge on any atom is 0.329 e. The van der Waals surface area contributed by atoms with E-state index in [4.69, 9.17) is 0 Å². The Morgan fingerprint density at radius 2 is 2.12 bits per heavy atom. The molecule has 0 fully saturated rings. The van der Waals surface area contributed by atoms with Gasteiger partial charge >= 0.3 is 5.69 Å². The molecule has 0 saturated heterocycles. The number of aromatic nitrogens is 4. The van der Waals surface area contributed by atoms with Crippen molar-refractivity contribution in [1.29, 1.82) is 0 Å². The number of imidazole rings is 1. The molecule has 0 saturated carbocycles. The smallest absolute Gasteiger partial charge is 0.309 e. The van der Waals surface area contributed by atoms with Crippen LogP contribution in [0.4, 0.5) is 0 Å². The summed E-state index contributed by atoms with van der Waals surface area (Å²) in [6.07, 6.45) is 0.986. The van der Waals surface area contributed by atoms with Crippen molar-refractivity contribution in [2.45, 2.75) is 37.2 Å². The van der Waals surface area contributed by atoms with Gasteiger partial charge in [0.2, 0.25) is 0 Å². The molecule has 0 spiro atoms. The van der Waals surface area contributed by atoms with Crippen molar-refractivity contribution in [1.82, 2.24) is 19.1 Å². The normalized spacial score (nSPS) is 12.6. The highest BCUT2D eigenvalue weighted by Crippen LogP contribution is 2.28. The Labute approximate surface area is 157 Å². The van der Waals surface area contributed by atoms with Crippen LogP contribution in [-0.4, -0.2) is 24.4 Å². The van der Waals surface area contributed by atoms with Gasteiger partial charge in [0.25, 0.3) is 5.56 Å². The molecule has 1 aromatic carbocycles. The predicted molar refractivity (Wildman–Crippen MR) is 104 cm³/mol. The summed E-state index contributed by atoms with van der Waals surface area (Å²) in [5.41, 5.74) is 1.02. The molecule has 0 unspecified atom stereocenters. The summed E-state index contributed by atoms with van der Waals surface area (Å²) in [6.45, 7) is 4.74. The molecule has 2 aromatic heterocycles. The predicted octanol–water partition coefficient (Wildman–Crippen LogP) is 3.12. The molecule has 25 heavy (non-hydrogen) atoms. The minimum absolute atomic E-state index is 0.356. The fourth-order valence-electron chi connectivity index (χ4n) is 2.53. The van der Waals surface area contributed by atoms with Gasteiger partial charge in [0, 0.05) is 16.8 Å². The van der Waals surface area contributed by atoms with Gasteiger partial charge in [-0.2, -0.15) is 0 Å². The third-order valence-corrected chi connectivity index (χ3v) is 5.83. The summed E-state index contributed by atoms with van der Waals surface area (Å²) >= 11 is 5.09. The number of hydrogen-bond acceptors (Lipinski definition) is 4. The number of nitrogens with zero attached hydrogens (tertiary/aromatic N) is 3. The number of hydrogen-bond donors (Lipinski definition) is 1. The van der Waals surface area contributed by atoms with E-state index in [0.29, 0.717) is 23.0 Å². The van der Waals surface area contributed by atoms with E-state index in [-0.39, 0.29) is 0 Å². The van der Waals surface area contributed by atoms with Gasteiger partial charge in [0.1, 0.15) is 0 Å². The standard InChI is InChI=1S/C17H19BrN4O2S/c1-4-10(2)25-17-19-14-13(15(23)20-16(24)21(14)3)22(17)9-11-6-5-7-12(18)8-11/h5-8,10H,4,9H2,1-3H3,(H,20,23,24)/t10-/m0/s1. The summed E-state index contributed by atoms with van der Waals surface area (Å²) in [4.78, 5) is 31.3. The summed E-state index contributed by atoms with van der Waals surface area (Å²) < 4.78 is 4.26. The van der Waals surface area contributed by atoms with Gasteiger partial charge in [-0.25, -0.2) is 9.78 Å². The molecule has 0 radical (unpaired) electrons. The van der Waals surface area contributed by atoms with Crippen LogP contribution in [0.15, 0.2) is 43.5 Å². The Kier molecular flexibility index (Phi) is 5.19. The highest BCUT2D eigenvalue weighted by atomic mass is 79.9. The SMILES string of the molecule is CC[C@H](C)Sc1nc2c(c(=O)[nH]c(=O)n2C)n1Cc1cccc(Br)c1. The number of nitrogens with one attached hydrogen (secondary N) is 1. The van der Waals surface area contributed by atoms with Gasteiger partial charge in [-0.1, -0.05) is 53.7 Å². The van der Waals surface area contributed by atoms with Crippen LogP contribution in [-0.2, 0) is 13.6 Å². The maximum atomic E-state index is 12.5. The molecule has 1 atom stereocenters.